The molecule has 44 heavy (non-hydrogen) atoms. The summed E-state index contributed by atoms with van der Waals surface area (Å²) in [5.74, 6) is -6.60. The molecule has 0 unspecified atom stereocenters. The van der Waals surface area contributed by atoms with E-state index in [4.69, 9.17) is 0 Å². The van der Waals surface area contributed by atoms with E-state index in [1.165, 1.54) is 23.4 Å². The summed E-state index contributed by atoms with van der Waals surface area (Å²) in [6, 6.07) is 8.65. The maximum Gasteiger partial charge on any atom is 0.419 e. The lowest BCUT2D eigenvalue weighted by molar-refractivity contribution is -0.140. The van der Waals surface area contributed by atoms with Crippen molar-refractivity contribution < 1.29 is 40.3 Å². The van der Waals surface area contributed by atoms with Crippen molar-refractivity contribution in [2.75, 3.05) is 24.5 Å². The molecule has 1 amide bonds. The van der Waals surface area contributed by atoms with Crippen LogP contribution in [0.25, 0.3) is 16.9 Å². The summed E-state index contributed by atoms with van der Waals surface area (Å²) < 4.78 is 96.7. The van der Waals surface area contributed by atoms with Gasteiger partial charge in [0, 0.05) is 67.9 Å². The van der Waals surface area contributed by atoms with Crippen molar-refractivity contribution in [2.24, 2.45) is 0 Å². The van der Waals surface area contributed by atoms with E-state index in [0.29, 0.717) is 17.7 Å². The lowest BCUT2D eigenvalue weighted by atomic mass is 9.83. The van der Waals surface area contributed by atoms with Gasteiger partial charge < -0.3 is 9.80 Å². The molecule has 2 aliphatic heterocycles. The Morgan fingerprint density at radius 1 is 0.864 bits per heavy atom. The molecule has 228 valence electrons. The zero-order valence-electron chi connectivity index (χ0n) is 22.7. The van der Waals surface area contributed by atoms with Gasteiger partial charge in [0.05, 0.1) is 16.9 Å². The van der Waals surface area contributed by atoms with E-state index in [1.54, 1.807) is 17.0 Å². The number of Topliss-reactive ketones (excluding diaryl/α,β-unsaturated/α-hetero) is 1. The number of pyridine rings is 1. The van der Waals surface area contributed by atoms with Gasteiger partial charge in [-0.3, -0.25) is 14.6 Å². The number of aromatic nitrogens is 3. The van der Waals surface area contributed by atoms with E-state index in [-0.39, 0.29) is 67.4 Å². The van der Waals surface area contributed by atoms with Crippen LogP contribution in [-0.4, -0.2) is 56.5 Å². The fourth-order valence-electron chi connectivity index (χ4n) is 5.94. The predicted octanol–water partition coefficient (Wildman–Crippen LogP) is 5.96. The number of benzene rings is 2. The normalized spacial score (nSPS) is 16.7. The number of nitrogens with zero attached hydrogens (tertiary/aromatic N) is 5. The van der Waals surface area contributed by atoms with Gasteiger partial charge in [0.1, 0.15) is 11.4 Å². The third-order valence-corrected chi connectivity index (χ3v) is 8.14. The highest BCUT2D eigenvalue weighted by atomic mass is 19.4. The fourth-order valence-corrected chi connectivity index (χ4v) is 5.94. The summed E-state index contributed by atoms with van der Waals surface area (Å²) in [5.41, 5.74) is -1.98. The van der Waals surface area contributed by atoms with Gasteiger partial charge in [-0.1, -0.05) is 0 Å². The molecule has 0 atom stereocenters. The van der Waals surface area contributed by atoms with Crippen LogP contribution in [0.15, 0.2) is 60.9 Å². The molecule has 4 aromatic rings. The SMILES string of the molecule is O=C(c1cc(-c2cccnc2)n(-c2ccc(C(F)(F)F)c(F)c2)n1)N1CCC2(CC1)C(=O)CCN2c1cc(F)c(F)c(F)c1. The monoisotopic (exact) mass is 617 g/mol. The minimum Gasteiger partial charge on any atom is -0.358 e. The third-order valence-electron chi connectivity index (χ3n) is 8.14. The van der Waals surface area contributed by atoms with Crippen LogP contribution in [0.5, 0.6) is 0 Å². The van der Waals surface area contributed by atoms with Crippen LogP contribution in [0.4, 0.5) is 36.4 Å². The van der Waals surface area contributed by atoms with Gasteiger partial charge in [-0.2, -0.15) is 18.3 Å². The van der Waals surface area contributed by atoms with E-state index < -0.39 is 46.5 Å². The molecule has 7 nitrogen and oxygen atoms in total. The first-order valence-corrected chi connectivity index (χ1v) is 13.5. The van der Waals surface area contributed by atoms with Crippen LogP contribution < -0.4 is 4.90 Å². The lowest BCUT2D eigenvalue weighted by Crippen LogP contribution is -2.57. The number of anilines is 1. The van der Waals surface area contributed by atoms with Crippen molar-refractivity contribution in [1.82, 2.24) is 19.7 Å². The van der Waals surface area contributed by atoms with Crippen LogP contribution in [0.1, 0.15) is 35.3 Å². The highest BCUT2D eigenvalue weighted by Gasteiger charge is 2.50. The summed E-state index contributed by atoms with van der Waals surface area (Å²) in [5, 5.41) is 4.31. The van der Waals surface area contributed by atoms with Gasteiger partial charge in [0.25, 0.3) is 5.91 Å². The van der Waals surface area contributed by atoms with Gasteiger partial charge in [0.15, 0.2) is 28.9 Å². The number of ketones is 1. The Balaban J connectivity index is 1.29. The standard InChI is InChI=1S/C30H22F7N5O2/c31-21-12-18(3-4-20(21)30(35,36)37)42-25(17-2-1-8-38-16-17)15-24(39-42)28(44)40-10-6-29(7-11-40)26(43)5-9-41(29)19-13-22(32)27(34)23(33)14-19/h1-4,8,12-16H,5-7,9-11H2. The average molecular weight is 618 g/mol. The molecule has 0 bridgehead atoms. The van der Waals surface area contributed by atoms with Crippen molar-refractivity contribution in [3.05, 3.63) is 95.5 Å². The van der Waals surface area contributed by atoms with Gasteiger partial charge in [0.2, 0.25) is 0 Å². The predicted molar refractivity (Wildman–Crippen MR) is 143 cm³/mol. The van der Waals surface area contributed by atoms with Crippen LogP contribution >= 0.6 is 0 Å². The second-order valence-corrected chi connectivity index (χ2v) is 10.6. The number of rotatable bonds is 4. The second kappa shape index (κ2) is 10.8. The molecule has 2 aliphatic rings. The van der Waals surface area contributed by atoms with Crippen LogP contribution in [-0.2, 0) is 11.0 Å². The molecule has 6 rings (SSSR count). The van der Waals surface area contributed by atoms with Crippen LogP contribution in [0.2, 0.25) is 0 Å². The molecule has 2 aromatic heterocycles. The second-order valence-electron chi connectivity index (χ2n) is 10.6. The third kappa shape index (κ3) is 4.97. The largest absolute Gasteiger partial charge is 0.419 e. The Morgan fingerprint density at radius 2 is 1.55 bits per heavy atom. The Labute approximate surface area is 245 Å². The first kappa shape index (κ1) is 29.3. The molecule has 0 radical (unpaired) electrons. The number of alkyl halides is 3. The number of carbonyl (C=O) groups excluding carboxylic acids is 2. The van der Waals surface area contributed by atoms with Crippen molar-refractivity contribution in [3.63, 3.8) is 0 Å². The quantitative estimate of drug-likeness (QED) is 0.209. The van der Waals surface area contributed by atoms with Crippen molar-refractivity contribution in [1.29, 1.82) is 0 Å². The average Bonchev–Trinajstić information content (AvgIpc) is 3.57. The summed E-state index contributed by atoms with van der Waals surface area (Å²) in [6.07, 6.45) is -1.59. The zero-order chi connectivity index (χ0) is 31.4. The molecule has 0 saturated carbocycles. The first-order chi connectivity index (χ1) is 20.9. The molecule has 1 spiro atoms. The number of hydrogen-bond acceptors (Lipinski definition) is 5. The number of halogens is 7. The summed E-state index contributed by atoms with van der Waals surface area (Å²) >= 11 is 0. The van der Waals surface area contributed by atoms with Crippen molar-refractivity contribution >= 4 is 17.4 Å². The molecular weight excluding hydrogens is 595 g/mol. The van der Waals surface area contributed by atoms with Gasteiger partial charge in [-0.05, 0) is 43.2 Å². The minimum atomic E-state index is -4.90. The van der Waals surface area contributed by atoms with Gasteiger partial charge >= 0.3 is 6.18 Å². The van der Waals surface area contributed by atoms with Crippen molar-refractivity contribution in [3.8, 4) is 16.9 Å². The highest BCUT2D eigenvalue weighted by molar-refractivity contribution is 5.97. The summed E-state index contributed by atoms with van der Waals surface area (Å²) in [4.78, 5) is 33.7. The molecule has 0 aliphatic carbocycles. The minimum absolute atomic E-state index is 0.0238. The fraction of sp³-hybridized carbons (Fsp3) is 0.267. The van der Waals surface area contributed by atoms with Crippen LogP contribution in [0, 0.1) is 23.3 Å². The first-order valence-electron chi connectivity index (χ1n) is 13.5. The number of likely N-dealkylation sites (tertiary alicyclic amines) is 1. The Hall–Kier alpha value is -4.75. The molecule has 2 fully saturated rings. The Bertz CT molecular complexity index is 1740. The Morgan fingerprint density at radius 3 is 2.16 bits per heavy atom. The summed E-state index contributed by atoms with van der Waals surface area (Å²) in [7, 11) is 0. The molecule has 0 N–H and O–H groups in total. The number of piperidine rings is 1. The highest BCUT2D eigenvalue weighted by Crippen LogP contribution is 2.40. The zero-order valence-corrected chi connectivity index (χ0v) is 22.7. The number of hydrogen-bond donors (Lipinski definition) is 0. The lowest BCUT2D eigenvalue weighted by Gasteiger charge is -2.44. The van der Waals surface area contributed by atoms with Gasteiger partial charge in [-0.15, -0.1) is 0 Å². The molecule has 4 heterocycles. The smallest absolute Gasteiger partial charge is 0.358 e. The Kier molecular flexibility index (Phi) is 7.17. The summed E-state index contributed by atoms with van der Waals surface area (Å²) in [6.45, 7) is 0.300. The van der Waals surface area contributed by atoms with E-state index in [9.17, 15) is 40.3 Å². The topological polar surface area (TPSA) is 71.3 Å². The maximum atomic E-state index is 14.5. The van der Waals surface area contributed by atoms with E-state index in [2.05, 4.69) is 10.1 Å². The number of amides is 1. The maximum absolute atomic E-state index is 14.5. The van der Waals surface area contributed by atoms with E-state index in [0.717, 1.165) is 22.9 Å². The molecular formula is C30H22F7N5O2. The van der Waals surface area contributed by atoms with E-state index >= 15 is 0 Å². The van der Waals surface area contributed by atoms with Gasteiger partial charge in [-0.25, -0.2) is 22.2 Å². The van der Waals surface area contributed by atoms with Crippen LogP contribution in [0.3, 0.4) is 0 Å². The van der Waals surface area contributed by atoms with Crippen molar-refractivity contribution in [2.45, 2.75) is 31.0 Å². The van der Waals surface area contributed by atoms with E-state index in [1.807, 2.05) is 0 Å². The molecule has 2 saturated heterocycles. The number of carbonyl (C=O) groups is 2. The molecule has 14 heteroatoms. The molecule has 2 aromatic carbocycles.